The minimum atomic E-state index is -3.31. The number of nitriles is 1. The van der Waals surface area contributed by atoms with Crippen LogP contribution in [0.4, 0.5) is 0 Å². The Balaban J connectivity index is 2.80. The minimum absolute atomic E-state index is 0.521. The van der Waals surface area contributed by atoms with Gasteiger partial charge in [-0.2, -0.15) is 5.26 Å². The molecule has 0 atom stereocenters. The van der Waals surface area contributed by atoms with Gasteiger partial charge in [-0.1, -0.05) is 6.92 Å². The lowest BCUT2D eigenvalue weighted by Crippen LogP contribution is -2.31. The van der Waals surface area contributed by atoms with Crippen molar-refractivity contribution in [1.82, 2.24) is 9.55 Å². The fraction of sp³-hybridized carbons (Fsp3) is 0.467. The average molecular weight is 305 g/mol. The van der Waals surface area contributed by atoms with E-state index in [1.807, 2.05) is 17.6 Å². The van der Waals surface area contributed by atoms with Crippen LogP contribution in [0, 0.1) is 11.3 Å². The number of imidazole rings is 1. The van der Waals surface area contributed by atoms with Crippen molar-refractivity contribution >= 4 is 20.9 Å². The molecule has 0 radical (unpaired) electrons. The van der Waals surface area contributed by atoms with Crippen molar-refractivity contribution in [3.8, 4) is 6.07 Å². The zero-order valence-corrected chi connectivity index (χ0v) is 13.5. The molecule has 2 aromatic rings. The van der Waals surface area contributed by atoms with E-state index >= 15 is 0 Å². The van der Waals surface area contributed by atoms with Crippen molar-refractivity contribution in [2.24, 2.45) is 0 Å². The first kappa shape index (κ1) is 15.5. The van der Waals surface area contributed by atoms with E-state index in [2.05, 4.69) is 11.1 Å². The summed E-state index contributed by atoms with van der Waals surface area (Å²) >= 11 is 0. The fourth-order valence-corrected chi connectivity index (χ4v) is 2.76. The zero-order valence-electron chi connectivity index (χ0n) is 12.7. The number of aromatic nitrogens is 2. The summed E-state index contributed by atoms with van der Waals surface area (Å²) in [6.07, 6.45) is 2.10. The van der Waals surface area contributed by atoms with Crippen molar-refractivity contribution in [1.29, 1.82) is 5.26 Å². The number of nitrogens with zero attached hydrogens (tertiary/aromatic N) is 3. The van der Waals surface area contributed by atoms with E-state index in [1.165, 1.54) is 6.26 Å². The predicted octanol–water partition coefficient (Wildman–Crippen LogP) is 2.60. The second-order valence-corrected chi connectivity index (χ2v) is 8.25. The number of aryl methyl sites for hydroxylation is 1. The molecule has 1 aromatic heterocycles. The van der Waals surface area contributed by atoms with Crippen LogP contribution in [0.25, 0.3) is 11.0 Å². The van der Waals surface area contributed by atoms with Crippen molar-refractivity contribution in [2.45, 2.75) is 38.5 Å². The Kier molecular flexibility index (Phi) is 3.81. The van der Waals surface area contributed by atoms with E-state index in [0.29, 0.717) is 23.4 Å². The van der Waals surface area contributed by atoms with Gasteiger partial charge < -0.3 is 4.57 Å². The van der Waals surface area contributed by atoms with Crippen molar-refractivity contribution in [3.63, 3.8) is 0 Å². The van der Waals surface area contributed by atoms with Gasteiger partial charge in [-0.25, -0.2) is 13.4 Å². The molecule has 5 nitrogen and oxygen atoms in total. The van der Waals surface area contributed by atoms with E-state index in [0.717, 1.165) is 11.9 Å². The summed E-state index contributed by atoms with van der Waals surface area (Å²) < 4.78 is 25.1. The quantitative estimate of drug-likeness (QED) is 0.870. The Bertz CT molecular complexity index is 826. The number of hydrogen-bond donors (Lipinski definition) is 0. The molecule has 0 fully saturated rings. The third kappa shape index (κ3) is 2.54. The van der Waals surface area contributed by atoms with Gasteiger partial charge in [-0.15, -0.1) is 0 Å². The van der Waals surface area contributed by atoms with Crippen LogP contribution in [-0.4, -0.2) is 24.2 Å². The van der Waals surface area contributed by atoms with Gasteiger partial charge in [0.25, 0.3) is 0 Å². The van der Waals surface area contributed by atoms with Gasteiger partial charge in [0.2, 0.25) is 0 Å². The van der Waals surface area contributed by atoms with Crippen molar-refractivity contribution < 1.29 is 8.42 Å². The lowest BCUT2D eigenvalue weighted by Gasteiger charge is -2.23. The zero-order chi connectivity index (χ0) is 15.8. The Hall–Kier alpha value is -1.87. The second kappa shape index (κ2) is 5.15. The van der Waals surface area contributed by atoms with E-state index in [1.54, 1.807) is 26.0 Å². The molecule has 0 bridgehead atoms. The molecule has 1 aromatic carbocycles. The highest BCUT2D eigenvalue weighted by Crippen LogP contribution is 2.31. The number of fused-ring (bicyclic) bond motifs is 1. The topological polar surface area (TPSA) is 75.8 Å². The first-order valence-electron chi connectivity index (χ1n) is 6.83. The maximum Gasteiger partial charge on any atom is 0.159 e. The molecule has 0 N–H and O–H groups in total. The summed E-state index contributed by atoms with van der Waals surface area (Å²) in [7, 11) is -3.31. The maximum atomic E-state index is 12.1. The van der Waals surface area contributed by atoms with Gasteiger partial charge >= 0.3 is 0 Å². The Morgan fingerprint density at radius 3 is 2.57 bits per heavy atom. The number of benzene rings is 1. The van der Waals surface area contributed by atoms with Gasteiger partial charge in [0.15, 0.2) is 9.84 Å². The highest BCUT2D eigenvalue weighted by molar-refractivity contribution is 7.91. The molecule has 6 heteroatoms. The molecule has 0 aliphatic rings. The summed E-state index contributed by atoms with van der Waals surface area (Å²) in [5, 5.41) is 8.99. The van der Waals surface area contributed by atoms with Crippen LogP contribution >= 0.6 is 0 Å². The van der Waals surface area contributed by atoms with E-state index < -0.39 is 14.6 Å². The third-order valence-electron chi connectivity index (χ3n) is 3.79. The molecule has 112 valence electrons. The summed E-state index contributed by atoms with van der Waals surface area (Å²) in [5.41, 5.74) is 2.05. The van der Waals surface area contributed by atoms with Crippen LogP contribution in [0.2, 0.25) is 0 Å². The monoisotopic (exact) mass is 305 g/mol. The van der Waals surface area contributed by atoms with Gasteiger partial charge in [-0.3, -0.25) is 0 Å². The van der Waals surface area contributed by atoms with Crippen LogP contribution in [0.1, 0.15) is 38.6 Å². The minimum Gasteiger partial charge on any atom is -0.327 e. The summed E-state index contributed by atoms with van der Waals surface area (Å²) in [4.78, 5) is 4.51. The molecule has 0 amide bonds. The summed E-state index contributed by atoms with van der Waals surface area (Å²) in [6.45, 7) is 6.06. The first-order valence-corrected chi connectivity index (χ1v) is 8.72. The lowest BCUT2D eigenvalue weighted by atomic mass is 10.2. The fourth-order valence-electron chi connectivity index (χ4n) is 2.27. The molecule has 21 heavy (non-hydrogen) atoms. The molecule has 0 saturated heterocycles. The molecule has 0 saturated carbocycles. The van der Waals surface area contributed by atoms with Gasteiger partial charge in [0.05, 0.1) is 22.7 Å². The normalized spacial score (nSPS) is 12.5. The van der Waals surface area contributed by atoms with Crippen LogP contribution in [0.3, 0.4) is 0 Å². The predicted molar refractivity (Wildman–Crippen MR) is 82.6 cm³/mol. The van der Waals surface area contributed by atoms with Crippen LogP contribution in [-0.2, 0) is 21.1 Å². The number of rotatable bonds is 4. The number of sulfone groups is 1. The van der Waals surface area contributed by atoms with E-state index in [-0.39, 0.29) is 0 Å². The molecule has 0 spiro atoms. The highest BCUT2D eigenvalue weighted by Gasteiger charge is 2.37. The van der Waals surface area contributed by atoms with Crippen LogP contribution in [0.15, 0.2) is 18.2 Å². The van der Waals surface area contributed by atoms with Gasteiger partial charge in [0, 0.05) is 12.8 Å². The lowest BCUT2D eigenvalue weighted by molar-refractivity contribution is 0.529. The summed E-state index contributed by atoms with van der Waals surface area (Å²) in [6, 6.07) is 7.34. The van der Waals surface area contributed by atoms with Crippen LogP contribution < -0.4 is 0 Å². The smallest absolute Gasteiger partial charge is 0.159 e. The third-order valence-corrected chi connectivity index (χ3v) is 5.83. The second-order valence-electron chi connectivity index (χ2n) is 5.68. The number of hydrogen-bond acceptors (Lipinski definition) is 4. The molecule has 2 rings (SSSR count). The molecule has 0 aliphatic heterocycles. The highest BCUT2D eigenvalue weighted by atomic mass is 32.2. The molecular formula is C15H19N3O2S. The molecule has 0 unspecified atom stereocenters. The van der Waals surface area contributed by atoms with E-state index in [4.69, 9.17) is 5.26 Å². The van der Waals surface area contributed by atoms with Crippen LogP contribution in [0.5, 0.6) is 0 Å². The van der Waals surface area contributed by atoms with Crippen molar-refractivity contribution in [2.75, 3.05) is 6.26 Å². The maximum absolute atomic E-state index is 12.1. The van der Waals surface area contributed by atoms with E-state index in [9.17, 15) is 8.42 Å². The standard InChI is InChI=1S/C15H19N3O2S/c1-5-8-18-13-7-6-11(10-16)9-12(13)17-14(18)15(2,3)21(4,19)20/h6-7,9H,5,8H2,1-4H3. The largest absolute Gasteiger partial charge is 0.327 e. The Labute approximate surface area is 125 Å². The van der Waals surface area contributed by atoms with Gasteiger partial charge in [-0.05, 0) is 38.5 Å². The SMILES string of the molecule is CCCn1c(C(C)(C)S(C)(=O)=O)nc2cc(C#N)ccc21. The molecular weight excluding hydrogens is 286 g/mol. The summed E-state index contributed by atoms with van der Waals surface area (Å²) in [5.74, 6) is 0.525. The Morgan fingerprint density at radius 1 is 1.38 bits per heavy atom. The molecule has 0 aliphatic carbocycles. The van der Waals surface area contributed by atoms with Crippen molar-refractivity contribution in [3.05, 3.63) is 29.6 Å². The first-order chi connectivity index (χ1) is 9.72. The van der Waals surface area contributed by atoms with Gasteiger partial charge in [0.1, 0.15) is 10.6 Å². The Morgan fingerprint density at radius 2 is 2.05 bits per heavy atom. The average Bonchev–Trinajstić information content (AvgIpc) is 2.76. The molecule has 1 heterocycles.